The Morgan fingerprint density at radius 3 is 2.64 bits per heavy atom. The Morgan fingerprint density at radius 1 is 1.36 bits per heavy atom. The Morgan fingerprint density at radius 2 is 2.09 bits per heavy atom. The van der Waals surface area contributed by atoms with E-state index in [0.29, 0.717) is 8.51 Å². The van der Waals surface area contributed by atoms with Crippen molar-refractivity contribution in [2.45, 2.75) is 0 Å². The molecule has 0 aliphatic carbocycles. The van der Waals surface area contributed by atoms with E-state index in [2.05, 4.69) is 4.51 Å². The summed E-state index contributed by atoms with van der Waals surface area (Å²) < 4.78 is 5.80. The Kier molecular flexibility index (Phi) is 1.93. The van der Waals surface area contributed by atoms with Crippen molar-refractivity contribution in [3.05, 3.63) is 30.3 Å². The van der Waals surface area contributed by atoms with Crippen LogP contribution in [0.1, 0.15) is 0 Å². The molecule has 0 saturated carbocycles. The van der Waals surface area contributed by atoms with Crippen LogP contribution in [0.3, 0.4) is 0 Å². The number of benzene rings is 1. The highest BCUT2D eigenvalue weighted by molar-refractivity contribution is 7.44. The van der Waals surface area contributed by atoms with Crippen molar-refractivity contribution in [2.24, 2.45) is 0 Å². The van der Waals surface area contributed by atoms with Crippen molar-refractivity contribution in [1.29, 1.82) is 0 Å². The van der Waals surface area contributed by atoms with Crippen LogP contribution < -0.4 is 4.84 Å². The second kappa shape index (κ2) is 3.08. The fraction of sp³-hybridized carbons (Fsp3) is 0. The molecule has 0 aliphatic rings. The smallest absolute Gasteiger partial charge is 0.182 e. The quantitative estimate of drug-likeness (QED) is 0.716. The van der Waals surface area contributed by atoms with E-state index in [1.165, 1.54) is 0 Å². The van der Waals surface area contributed by atoms with Gasteiger partial charge >= 0.3 is 0 Å². The fourth-order valence-corrected chi connectivity index (χ4v) is 1.63. The molecule has 0 amide bonds. The number of rotatable bonds is 2. The van der Waals surface area contributed by atoms with Crippen molar-refractivity contribution in [3.63, 3.8) is 0 Å². The molecule has 0 aliphatic heterocycles. The highest BCUT2D eigenvalue weighted by Crippen LogP contribution is 2.18. The predicted molar refractivity (Wildman–Crippen MR) is 46.7 cm³/mol. The van der Waals surface area contributed by atoms with Gasteiger partial charge in [0.05, 0.1) is 8.51 Å². The maximum Gasteiger partial charge on any atom is 0.182 e. The van der Waals surface area contributed by atoms with Crippen LogP contribution in [0.5, 0.6) is 5.75 Å². The van der Waals surface area contributed by atoms with Gasteiger partial charge in [0, 0.05) is 0 Å². The average Bonchev–Trinajstić information content (AvgIpc) is 1.99. The lowest BCUT2D eigenvalue weighted by molar-refractivity contribution is 0.274. The van der Waals surface area contributed by atoms with Gasteiger partial charge < -0.3 is 4.84 Å². The highest BCUT2D eigenvalue weighted by Gasteiger charge is 1.94. The molecule has 1 aromatic heterocycles. The molecular weight excluding hydrogens is 178 g/mol. The lowest BCUT2D eigenvalue weighted by Gasteiger charge is -2.06. The van der Waals surface area contributed by atoms with E-state index < -0.39 is 0 Å². The Labute approximate surface area is 67.4 Å². The van der Waals surface area contributed by atoms with Gasteiger partial charge in [0.25, 0.3) is 0 Å². The van der Waals surface area contributed by atoms with Crippen LogP contribution in [0.25, 0.3) is 0 Å². The molecule has 56 valence electrons. The average molecular weight is 184 g/mol. The summed E-state index contributed by atoms with van der Waals surface area (Å²) in [7, 11) is 1.38. The minimum absolute atomic E-state index is 0.461. The zero-order valence-electron chi connectivity index (χ0n) is 5.64. The third kappa shape index (κ3) is 1.62. The standard InChI is InChI=1S/C6H6N2OP2/c1-2-4-6(5-3-1)9-8-10-7-11-8/h1-5,10H. The summed E-state index contributed by atoms with van der Waals surface area (Å²) >= 11 is 0. The highest BCUT2D eigenvalue weighted by atomic mass is 31.1. The van der Waals surface area contributed by atoms with Crippen molar-refractivity contribution in [2.75, 3.05) is 0 Å². The predicted octanol–water partition coefficient (Wildman–Crippen LogP) is 2.34. The second-order valence-corrected chi connectivity index (χ2v) is 4.29. The van der Waals surface area contributed by atoms with E-state index in [9.17, 15) is 0 Å². The summed E-state index contributed by atoms with van der Waals surface area (Å²) in [6, 6.07) is 9.72. The van der Waals surface area contributed by atoms with Crippen LogP contribution in [-0.4, -0.2) is 8.76 Å². The Hall–Kier alpha value is -0.780. The molecule has 11 heavy (non-hydrogen) atoms. The molecule has 0 radical (unpaired) electrons. The minimum atomic E-state index is 0.461. The van der Waals surface area contributed by atoms with Crippen LogP contribution in [0.15, 0.2) is 30.3 Å². The molecule has 0 saturated heterocycles. The fourth-order valence-electron chi connectivity index (χ4n) is 0.701. The number of nitrogens with zero attached hydrogens (tertiary/aromatic N) is 2. The van der Waals surface area contributed by atoms with E-state index in [0.717, 1.165) is 14.3 Å². The first kappa shape index (κ1) is 6.90. The van der Waals surface area contributed by atoms with Gasteiger partial charge in [-0.15, -0.1) is 4.26 Å². The van der Waals surface area contributed by atoms with Crippen LogP contribution in [-0.2, 0) is 0 Å². The Balaban J connectivity index is 2.11. The molecule has 0 bridgehead atoms. The number of hydrogen-bond acceptors (Lipinski definition) is 2. The molecule has 0 spiro atoms. The Bertz CT molecular complexity index is 307. The topological polar surface area (TPSA) is 27.1 Å². The van der Waals surface area contributed by atoms with Crippen molar-refractivity contribution in [1.82, 2.24) is 8.76 Å². The largest absolute Gasteiger partial charge is 0.366 e. The summed E-state index contributed by atoms with van der Waals surface area (Å²) in [5.74, 6) is 0.877. The number of aromatic nitrogens is 2. The molecule has 5 heteroatoms. The van der Waals surface area contributed by atoms with Gasteiger partial charge in [-0.1, -0.05) is 18.2 Å². The molecule has 2 rings (SSSR count). The van der Waals surface area contributed by atoms with Gasteiger partial charge in [0.15, 0.2) is 14.3 Å². The number of para-hydroxylation sites is 1. The molecular formula is C6H6N2OP2. The second-order valence-electron chi connectivity index (χ2n) is 1.97. The maximum atomic E-state index is 5.39. The zero-order valence-corrected chi connectivity index (χ0v) is 7.53. The van der Waals surface area contributed by atoms with Crippen LogP contribution >= 0.6 is 17.0 Å². The third-order valence-corrected chi connectivity index (χ3v) is 2.95. The van der Waals surface area contributed by atoms with Gasteiger partial charge in [-0.25, -0.2) is 0 Å². The summed E-state index contributed by atoms with van der Waals surface area (Å²) in [6.45, 7) is 0. The summed E-state index contributed by atoms with van der Waals surface area (Å²) in [5, 5.41) is 0. The zero-order chi connectivity index (χ0) is 7.52. The third-order valence-electron chi connectivity index (χ3n) is 1.19. The molecule has 1 heterocycles. The van der Waals surface area contributed by atoms with Gasteiger partial charge in [0.2, 0.25) is 0 Å². The molecule has 0 fully saturated rings. The monoisotopic (exact) mass is 184 g/mol. The molecule has 3 nitrogen and oxygen atoms in total. The number of hydrogen-bond donors (Lipinski definition) is 0. The van der Waals surface area contributed by atoms with E-state index in [1.807, 2.05) is 30.3 Å². The molecule has 1 atom stereocenters. The molecule has 2 aromatic rings. The summed E-state index contributed by atoms with van der Waals surface area (Å²) in [6.07, 6.45) is 0. The van der Waals surface area contributed by atoms with Crippen molar-refractivity contribution >= 4 is 17.0 Å². The van der Waals surface area contributed by atoms with Crippen LogP contribution in [0.4, 0.5) is 0 Å². The molecule has 1 unspecified atom stereocenters. The summed E-state index contributed by atoms with van der Waals surface area (Å²) in [5.41, 5.74) is 0. The van der Waals surface area contributed by atoms with Gasteiger partial charge in [-0.05, 0) is 12.1 Å². The lowest BCUT2D eigenvalue weighted by atomic mass is 10.3. The first-order valence-electron chi connectivity index (χ1n) is 3.14. The van der Waals surface area contributed by atoms with Crippen molar-refractivity contribution < 1.29 is 4.84 Å². The normalized spacial score (nSPS) is 11.3. The lowest BCUT2D eigenvalue weighted by Crippen LogP contribution is -1.98. The van der Waals surface area contributed by atoms with E-state index in [4.69, 9.17) is 4.84 Å². The van der Waals surface area contributed by atoms with Gasteiger partial charge in [-0.3, -0.25) is 0 Å². The SMILES string of the molecule is c1ccc(On2pn[pH]2)cc1. The van der Waals surface area contributed by atoms with Crippen LogP contribution in [0.2, 0.25) is 0 Å². The minimum Gasteiger partial charge on any atom is -0.366 e. The van der Waals surface area contributed by atoms with Gasteiger partial charge in [0.1, 0.15) is 0 Å². The van der Waals surface area contributed by atoms with E-state index in [1.54, 1.807) is 4.26 Å². The van der Waals surface area contributed by atoms with E-state index in [-0.39, 0.29) is 0 Å². The molecule has 0 N–H and O–H groups in total. The van der Waals surface area contributed by atoms with Crippen LogP contribution in [0, 0.1) is 0 Å². The first-order chi connectivity index (χ1) is 5.45. The van der Waals surface area contributed by atoms with Gasteiger partial charge in [-0.2, -0.15) is 4.51 Å². The van der Waals surface area contributed by atoms with Crippen molar-refractivity contribution in [3.8, 4) is 5.75 Å². The first-order valence-corrected chi connectivity index (χ1v) is 4.84. The molecule has 1 aromatic carbocycles. The van der Waals surface area contributed by atoms with E-state index >= 15 is 0 Å². The summed E-state index contributed by atoms with van der Waals surface area (Å²) in [4.78, 5) is 5.39. The maximum absolute atomic E-state index is 5.39.